The van der Waals surface area contributed by atoms with Crippen LogP contribution in [0.3, 0.4) is 0 Å². The second-order valence-corrected chi connectivity index (χ2v) is 27.2. The lowest BCUT2D eigenvalue weighted by atomic mass is 10.1. The molecule has 0 saturated carbocycles. The van der Waals surface area contributed by atoms with E-state index < -0.39 is 0 Å². The number of benzene rings is 2. The third-order valence-electron chi connectivity index (χ3n) is 18.1. The molecule has 14 rings (SSSR count). The van der Waals surface area contributed by atoms with Crippen LogP contribution >= 0.6 is 63.1 Å². The van der Waals surface area contributed by atoms with Crippen LogP contribution in [0.15, 0.2) is 102 Å². The number of pyridine rings is 6. The standard InChI is InChI=1S/C27H27ClN6O3.C15H13Cl2N3O2.2C11H14N4O.C6H4BrN3.C5H11NO.ClH/c1-29-26-23(34-11-10-18(14-34)36-3)9-8-16(31-26)12-17-13-21(24-22(30-17)15-33(2)27(24)35)32-20-7-5-6-19(28)25(20)37-4;1-20-7-11-13(15(20)21)10(6-12(17)19-11)18-9-5-3-4-8(16)14(9)22-2;2*1-16-8-4-5-15(7-8)10-2-3-11(13)14-9(10)6-12;1-9-6-4(7)2-3-5(8)10-6;1-7-5-2-3-6-4-5;/h5-9,13,18H,10-12,14-15H2,2-4H3,(H,30,32);3-6H,7H2,1-2H3,(H,18,19);2*2-3,8H,4-5,7H2,1H3,(H2,13,14);2-3H,(H2,8,10);5-6H,2-4H2,1H3;1H/t18-;;2*8-;;5-;/m0.00.0./s1. The second-order valence-electron chi connectivity index (χ2n) is 25.2. The molecule has 4 saturated heterocycles. The molecule has 109 heavy (non-hydrogen) atoms. The number of nitrogens with two attached hydrogens (primary N) is 3. The first kappa shape index (κ1) is 84.3. The van der Waals surface area contributed by atoms with Crippen molar-refractivity contribution in [2.24, 2.45) is 0 Å². The summed E-state index contributed by atoms with van der Waals surface area (Å²) in [6, 6.07) is 32.7. The first-order valence-corrected chi connectivity index (χ1v) is 36.0. The van der Waals surface area contributed by atoms with Crippen molar-refractivity contribution >= 4 is 144 Å². The summed E-state index contributed by atoms with van der Waals surface area (Å²) in [5.41, 5.74) is 26.1. The van der Waals surface area contributed by atoms with Gasteiger partial charge in [-0.05, 0) is 105 Å². The van der Waals surface area contributed by atoms with E-state index in [1.165, 1.54) is 13.5 Å². The number of anilines is 10. The molecule has 12 heterocycles. The molecule has 2 aromatic carbocycles. The number of hydrogen-bond donors (Lipinski definition) is 6. The zero-order chi connectivity index (χ0) is 77.7. The Labute approximate surface area is 663 Å². The maximum atomic E-state index is 12.9. The fourth-order valence-electron chi connectivity index (χ4n) is 12.6. The average Bonchev–Trinajstić information content (AvgIpc) is 1.72. The molecule has 6 aromatic heterocycles. The molecule has 0 aliphatic carbocycles. The fraction of sp³-hybridized carbons (Fsp3) is 0.360. The molecular weight excluding hydrogens is 1540 g/mol. The van der Waals surface area contributed by atoms with Crippen molar-refractivity contribution in [3.05, 3.63) is 185 Å². The summed E-state index contributed by atoms with van der Waals surface area (Å²) in [6.07, 6.45) is 5.60. The van der Waals surface area contributed by atoms with Crippen LogP contribution in [-0.4, -0.2) is 185 Å². The molecule has 9 N–H and O–H groups in total. The lowest BCUT2D eigenvalue weighted by molar-refractivity contribution is 0.0809. The number of aromatic nitrogens is 6. The number of rotatable bonds is 15. The van der Waals surface area contributed by atoms with Gasteiger partial charge in [-0.3, -0.25) is 14.6 Å². The van der Waals surface area contributed by atoms with Crippen LogP contribution in [0, 0.1) is 35.8 Å². The molecule has 34 heteroatoms. The van der Waals surface area contributed by atoms with Crippen molar-refractivity contribution in [3.8, 4) is 23.6 Å². The minimum atomic E-state index is -0.102. The summed E-state index contributed by atoms with van der Waals surface area (Å²) in [4.78, 5) is 67.1. The third-order valence-corrected chi connectivity index (χ3v) is 19.5. The van der Waals surface area contributed by atoms with Crippen molar-refractivity contribution in [1.29, 1.82) is 10.5 Å². The fourth-order valence-corrected chi connectivity index (χ4v) is 13.6. The topological polar surface area (TPSA) is 354 Å². The molecule has 0 spiro atoms. The predicted octanol–water partition coefficient (Wildman–Crippen LogP) is 12.5. The number of nitriles is 2. The minimum absolute atomic E-state index is 0. The Morgan fingerprint density at radius 1 is 0.560 bits per heavy atom. The number of ether oxygens (including phenoxy) is 6. The van der Waals surface area contributed by atoms with E-state index in [1.54, 1.807) is 108 Å². The second kappa shape index (κ2) is 40.2. The highest BCUT2D eigenvalue weighted by Gasteiger charge is 2.33. The van der Waals surface area contributed by atoms with E-state index in [0.29, 0.717) is 143 Å². The number of nitrogens with zero attached hydrogens (tertiary/aromatic N) is 15. The maximum Gasteiger partial charge on any atom is 0.293 e. The van der Waals surface area contributed by atoms with Crippen molar-refractivity contribution in [1.82, 2.24) is 45.0 Å². The van der Waals surface area contributed by atoms with Crippen LogP contribution in [0.2, 0.25) is 15.2 Å². The molecule has 6 aliphatic rings. The van der Waals surface area contributed by atoms with Gasteiger partial charge < -0.3 is 95.8 Å². The average molecular weight is 1630 g/mol. The molecule has 572 valence electrons. The van der Waals surface area contributed by atoms with Crippen LogP contribution in [-0.2, 0) is 38.5 Å². The Kier molecular flexibility index (Phi) is 31.1. The number of carbonyl (C=O) groups is 2. The number of methoxy groups -OCH3 is 6. The highest BCUT2D eigenvalue weighted by molar-refractivity contribution is 9.10. The smallest absolute Gasteiger partial charge is 0.293 e. The molecular formula is C75H84BrCl4N21O8. The molecule has 29 nitrogen and oxygen atoms in total. The van der Waals surface area contributed by atoms with Gasteiger partial charge in [-0.25, -0.2) is 15.0 Å². The van der Waals surface area contributed by atoms with Crippen LogP contribution in [0.4, 0.5) is 68.9 Å². The summed E-state index contributed by atoms with van der Waals surface area (Å²) in [5, 5.41) is 29.0. The van der Waals surface area contributed by atoms with Gasteiger partial charge in [0.25, 0.3) is 23.5 Å². The monoisotopic (exact) mass is 1630 g/mol. The molecule has 0 unspecified atom stereocenters. The summed E-state index contributed by atoms with van der Waals surface area (Å²) in [7, 11) is 13.5. The van der Waals surface area contributed by atoms with E-state index in [1.807, 2.05) is 48.5 Å². The minimum Gasteiger partial charge on any atom is -0.493 e. The van der Waals surface area contributed by atoms with Gasteiger partial charge in [-0.2, -0.15) is 10.5 Å². The van der Waals surface area contributed by atoms with Crippen LogP contribution in [0.5, 0.6) is 11.5 Å². The molecule has 6 aliphatic heterocycles. The van der Waals surface area contributed by atoms with Gasteiger partial charge in [0.05, 0.1) is 136 Å². The SMILES string of the molecule is CO[C@H]1CCN(c2ccc(N)nc2C#N)C1.CO[C@H]1CCN(c2ccc(N)nc2C#N)C1.CO[C@H]1CCNC1.COc1c(Cl)cccc1Nc1cc(Cl)nc2c1C(=O)N(C)C2.Cl.[C-]#[N+]c1nc(Cc2cc(Nc3cccc(Cl)c3OC)c3c(n2)CN(C)C3=O)ccc1N1CC[C@H](OC)C1.[C-]#[N+]c1nc(N)ccc1Br. The normalized spacial score (nSPS) is 16.9. The molecule has 0 bridgehead atoms. The first-order valence-electron chi connectivity index (χ1n) is 34.1. The van der Waals surface area contributed by atoms with E-state index in [2.05, 4.69) is 93.3 Å². The maximum absolute atomic E-state index is 12.9. The number of amides is 2. The van der Waals surface area contributed by atoms with Gasteiger partial charge in [0.2, 0.25) is 5.82 Å². The van der Waals surface area contributed by atoms with Gasteiger partial charge in [0.1, 0.15) is 34.6 Å². The van der Waals surface area contributed by atoms with Gasteiger partial charge in [-0.1, -0.05) is 82.1 Å². The number of halogens is 5. The number of carbonyl (C=O) groups excluding carboxylic acids is 2. The quantitative estimate of drug-likeness (QED) is 0.0410. The zero-order valence-corrected chi connectivity index (χ0v) is 66.0. The number of nitrogens with one attached hydrogen (secondary N) is 3. The van der Waals surface area contributed by atoms with E-state index >= 15 is 0 Å². The number of nitrogen functional groups attached to an aromatic ring is 3. The van der Waals surface area contributed by atoms with Crippen molar-refractivity contribution in [2.45, 2.75) is 69.6 Å². The van der Waals surface area contributed by atoms with Crippen molar-refractivity contribution in [2.75, 3.05) is 152 Å². The third kappa shape index (κ3) is 21.6. The van der Waals surface area contributed by atoms with Gasteiger partial charge in [-0.15, -0.1) is 22.4 Å². The summed E-state index contributed by atoms with van der Waals surface area (Å²) >= 11 is 21.6. The van der Waals surface area contributed by atoms with Crippen LogP contribution in [0.25, 0.3) is 9.69 Å². The summed E-state index contributed by atoms with van der Waals surface area (Å²) < 4.78 is 32.6. The Balaban J connectivity index is 0.000000178. The van der Waals surface area contributed by atoms with Crippen molar-refractivity contribution < 1.29 is 38.0 Å². The Morgan fingerprint density at radius 3 is 1.43 bits per heavy atom. The Morgan fingerprint density at radius 2 is 1.01 bits per heavy atom. The number of para-hydroxylation sites is 2. The Bertz CT molecular complexity index is 4630. The molecule has 4 fully saturated rings. The van der Waals surface area contributed by atoms with E-state index in [4.69, 9.17) is 109 Å². The van der Waals surface area contributed by atoms with Gasteiger partial charge in [0, 0.05) is 98.9 Å². The van der Waals surface area contributed by atoms with E-state index in [9.17, 15) is 9.59 Å². The largest absolute Gasteiger partial charge is 0.493 e. The lowest BCUT2D eigenvalue weighted by Gasteiger charge is -2.19. The summed E-state index contributed by atoms with van der Waals surface area (Å²) in [5.74, 6) is 2.60. The molecule has 0 radical (unpaired) electrons. The molecule has 4 atom stereocenters. The van der Waals surface area contributed by atoms with Crippen LogP contribution in [0.1, 0.15) is 80.6 Å². The van der Waals surface area contributed by atoms with E-state index in [-0.39, 0.29) is 42.5 Å². The van der Waals surface area contributed by atoms with Gasteiger partial charge in [0.15, 0.2) is 22.9 Å². The number of hydrogen-bond acceptors (Lipinski definition) is 25. The predicted molar refractivity (Wildman–Crippen MR) is 429 cm³/mol. The molecule has 2 amide bonds. The van der Waals surface area contributed by atoms with E-state index in [0.717, 1.165) is 100 Å². The van der Waals surface area contributed by atoms with Gasteiger partial charge >= 0.3 is 0 Å². The van der Waals surface area contributed by atoms with Crippen molar-refractivity contribution in [3.63, 3.8) is 0 Å². The highest BCUT2D eigenvalue weighted by Crippen LogP contribution is 2.41. The lowest BCUT2D eigenvalue weighted by Crippen LogP contribution is -2.23. The Hall–Kier alpha value is -10.3. The summed E-state index contributed by atoms with van der Waals surface area (Å²) in [6.45, 7) is 22.3. The molecule has 8 aromatic rings. The van der Waals surface area contributed by atoms with Crippen LogP contribution < -0.4 is 57.3 Å². The number of fused-ring (bicyclic) bond motifs is 2. The highest BCUT2D eigenvalue weighted by atomic mass is 79.9. The first-order chi connectivity index (χ1) is 52.1. The zero-order valence-electron chi connectivity index (χ0n) is 61.3.